The molecule has 0 radical (unpaired) electrons. The van der Waals surface area contributed by atoms with Crippen LogP contribution in [0, 0.1) is 0 Å². The minimum atomic E-state index is -0.355. The van der Waals surface area contributed by atoms with Gasteiger partial charge in [0, 0.05) is 33.0 Å². The maximum absolute atomic E-state index is 13.6. The fraction of sp³-hybridized carbons (Fsp3) is 0.0938. The Hall–Kier alpha value is -4.93. The molecule has 3 aromatic carbocycles. The Labute approximate surface area is 250 Å². The monoisotopic (exact) mass is 594 g/mol. The summed E-state index contributed by atoms with van der Waals surface area (Å²) in [5.41, 5.74) is 11.9. The number of pyridine rings is 1. The van der Waals surface area contributed by atoms with E-state index in [-0.39, 0.29) is 5.91 Å². The highest BCUT2D eigenvalue weighted by Gasteiger charge is 2.24. The SMILES string of the molecule is COc1cccc(-c2csc(NC(=O)c3sc4nc(-c5ccccc5)cc(-c5cccc(OC)c5OC)c4c3N)n2)c1. The molecule has 0 unspecified atom stereocenters. The molecule has 0 aliphatic rings. The van der Waals surface area contributed by atoms with Gasteiger partial charge in [0.15, 0.2) is 16.6 Å². The third-order valence-corrected chi connectivity index (χ3v) is 8.61. The zero-order chi connectivity index (χ0) is 29.2. The van der Waals surface area contributed by atoms with Crippen LogP contribution in [0.25, 0.3) is 43.9 Å². The zero-order valence-electron chi connectivity index (χ0n) is 23.0. The van der Waals surface area contributed by atoms with Crippen LogP contribution in [0.3, 0.4) is 0 Å². The number of thiophene rings is 1. The number of anilines is 2. The molecule has 10 heteroatoms. The van der Waals surface area contributed by atoms with E-state index in [0.717, 1.165) is 39.4 Å². The van der Waals surface area contributed by atoms with Crippen molar-refractivity contribution in [3.63, 3.8) is 0 Å². The van der Waals surface area contributed by atoms with Crippen molar-refractivity contribution in [2.24, 2.45) is 0 Å². The van der Waals surface area contributed by atoms with Gasteiger partial charge in [0.05, 0.1) is 38.4 Å². The van der Waals surface area contributed by atoms with Gasteiger partial charge in [-0.25, -0.2) is 9.97 Å². The van der Waals surface area contributed by atoms with Gasteiger partial charge in [-0.05, 0) is 24.3 Å². The summed E-state index contributed by atoms with van der Waals surface area (Å²) in [7, 11) is 4.81. The molecule has 1 amide bonds. The average molecular weight is 595 g/mol. The van der Waals surface area contributed by atoms with Crippen LogP contribution < -0.4 is 25.3 Å². The number of rotatable bonds is 8. The molecule has 6 aromatic rings. The number of hydrogen-bond donors (Lipinski definition) is 2. The second-order valence-electron chi connectivity index (χ2n) is 9.21. The highest BCUT2D eigenvalue weighted by molar-refractivity contribution is 7.21. The van der Waals surface area contributed by atoms with Crippen molar-refractivity contribution in [1.29, 1.82) is 0 Å². The Balaban J connectivity index is 1.44. The maximum Gasteiger partial charge on any atom is 0.269 e. The number of nitrogens with two attached hydrogens (primary N) is 1. The first-order valence-corrected chi connectivity index (χ1v) is 14.6. The number of fused-ring (bicyclic) bond motifs is 1. The minimum absolute atomic E-state index is 0.337. The quantitative estimate of drug-likeness (QED) is 0.187. The molecule has 0 aliphatic carbocycles. The Bertz CT molecular complexity index is 1920. The maximum atomic E-state index is 13.6. The van der Waals surface area contributed by atoms with Crippen molar-refractivity contribution in [1.82, 2.24) is 9.97 Å². The number of ether oxygens (including phenoxy) is 3. The van der Waals surface area contributed by atoms with Gasteiger partial charge in [0.25, 0.3) is 5.91 Å². The summed E-state index contributed by atoms with van der Waals surface area (Å²) in [6, 6.07) is 25.1. The van der Waals surface area contributed by atoms with Gasteiger partial charge in [-0.1, -0.05) is 54.6 Å². The van der Waals surface area contributed by atoms with Crippen molar-refractivity contribution < 1.29 is 19.0 Å². The molecule has 6 rings (SSSR count). The average Bonchev–Trinajstić information content (AvgIpc) is 3.64. The molecule has 0 spiro atoms. The molecule has 3 heterocycles. The summed E-state index contributed by atoms with van der Waals surface area (Å²) in [6.07, 6.45) is 0. The van der Waals surface area contributed by atoms with Crippen LogP contribution in [0.2, 0.25) is 0 Å². The molecule has 0 atom stereocenters. The summed E-state index contributed by atoms with van der Waals surface area (Å²) in [4.78, 5) is 24.1. The van der Waals surface area contributed by atoms with Crippen LogP contribution in [-0.4, -0.2) is 37.2 Å². The number of carbonyl (C=O) groups is 1. The standard InChI is InChI=1S/C32H26N4O4S2/c1-38-20-12-7-11-19(15-20)24-17-41-32(35-24)36-30(37)29-27(33)26-22(21-13-8-14-25(39-2)28(21)40-3)16-23(34-31(26)42-29)18-9-5-4-6-10-18/h4-17H,33H2,1-3H3,(H,35,36,37). The molecule has 0 aliphatic heterocycles. The van der Waals surface area contributed by atoms with Gasteiger partial charge >= 0.3 is 0 Å². The van der Waals surface area contributed by atoms with E-state index in [1.807, 2.05) is 84.2 Å². The Kier molecular flexibility index (Phi) is 7.47. The number of carbonyl (C=O) groups excluding carboxylic acids is 1. The van der Waals surface area contributed by atoms with E-state index in [9.17, 15) is 4.79 Å². The summed E-state index contributed by atoms with van der Waals surface area (Å²) in [5, 5.41) is 5.94. The number of nitrogens with zero attached hydrogens (tertiary/aromatic N) is 2. The van der Waals surface area contributed by atoms with Crippen LogP contribution in [0.1, 0.15) is 9.67 Å². The van der Waals surface area contributed by atoms with Gasteiger partial charge in [-0.15, -0.1) is 22.7 Å². The highest BCUT2D eigenvalue weighted by atomic mass is 32.1. The third-order valence-electron chi connectivity index (χ3n) is 6.76. The first kappa shape index (κ1) is 27.3. The summed E-state index contributed by atoms with van der Waals surface area (Å²) < 4.78 is 16.7. The highest BCUT2D eigenvalue weighted by Crippen LogP contribution is 2.46. The normalized spacial score (nSPS) is 10.9. The lowest BCUT2D eigenvalue weighted by Crippen LogP contribution is -2.11. The molecular weight excluding hydrogens is 569 g/mol. The Morgan fingerprint density at radius 2 is 1.60 bits per heavy atom. The van der Waals surface area contributed by atoms with Crippen molar-refractivity contribution >= 4 is 49.6 Å². The molecular formula is C32H26N4O4S2. The minimum Gasteiger partial charge on any atom is -0.497 e. The number of nitrogens with one attached hydrogen (secondary N) is 1. The van der Waals surface area contributed by atoms with Gasteiger partial charge in [-0.3, -0.25) is 10.1 Å². The topological polar surface area (TPSA) is 109 Å². The molecule has 3 aromatic heterocycles. The van der Waals surface area contributed by atoms with Crippen molar-refractivity contribution in [3.05, 3.63) is 89.1 Å². The number of nitrogen functional groups attached to an aromatic ring is 1. The summed E-state index contributed by atoms with van der Waals surface area (Å²) in [5.74, 6) is 1.53. The summed E-state index contributed by atoms with van der Waals surface area (Å²) in [6.45, 7) is 0. The summed E-state index contributed by atoms with van der Waals surface area (Å²) >= 11 is 2.58. The number of benzene rings is 3. The van der Waals surface area contributed by atoms with E-state index in [1.54, 1.807) is 21.3 Å². The molecule has 0 saturated heterocycles. The van der Waals surface area contributed by atoms with Gasteiger partial charge in [-0.2, -0.15) is 0 Å². The number of hydrogen-bond acceptors (Lipinski definition) is 9. The zero-order valence-corrected chi connectivity index (χ0v) is 24.6. The second-order valence-corrected chi connectivity index (χ2v) is 11.1. The fourth-order valence-corrected chi connectivity index (χ4v) is 6.49. The van der Waals surface area contributed by atoms with E-state index >= 15 is 0 Å². The molecule has 210 valence electrons. The predicted molar refractivity (Wildman–Crippen MR) is 170 cm³/mol. The number of amides is 1. The fourth-order valence-electron chi connectivity index (χ4n) is 4.76. The van der Waals surface area contributed by atoms with Crippen LogP contribution in [0.15, 0.2) is 84.2 Å². The lowest BCUT2D eigenvalue weighted by Gasteiger charge is -2.15. The van der Waals surface area contributed by atoms with Gasteiger partial charge < -0.3 is 19.9 Å². The predicted octanol–water partition coefficient (Wildman–Crippen LogP) is 7.61. The third kappa shape index (κ3) is 5.02. The van der Waals surface area contributed by atoms with Crippen LogP contribution >= 0.6 is 22.7 Å². The number of aromatic nitrogens is 2. The van der Waals surface area contributed by atoms with E-state index in [4.69, 9.17) is 24.9 Å². The largest absolute Gasteiger partial charge is 0.497 e. The van der Waals surface area contributed by atoms with Crippen LogP contribution in [-0.2, 0) is 0 Å². The van der Waals surface area contributed by atoms with E-state index in [1.165, 1.54) is 22.7 Å². The first-order chi connectivity index (χ1) is 20.5. The first-order valence-electron chi connectivity index (χ1n) is 12.9. The molecule has 0 fully saturated rings. The molecule has 0 saturated carbocycles. The lowest BCUT2D eigenvalue weighted by atomic mass is 9.98. The number of thiazole rings is 1. The van der Waals surface area contributed by atoms with Gasteiger partial charge in [0.1, 0.15) is 15.5 Å². The second kappa shape index (κ2) is 11.5. The molecule has 42 heavy (non-hydrogen) atoms. The van der Waals surface area contributed by atoms with Gasteiger partial charge in [0.2, 0.25) is 0 Å². The lowest BCUT2D eigenvalue weighted by molar-refractivity contribution is 0.103. The number of para-hydroxylation sites is 1. The number of methoxy groups -OCH3 is 3. The van der Waals surface area contributed by atoms with E-state index in [0.29, 0.717) is 37.4 Å². The van der Waals surface area contributed by atoms with Crippen LogP contribution in [0.5, 0.6) is 17.2 Å². The van der Waals surface area contributed by atoms with Crippen molar-refractivity contribution in [3.8, 4) is 50.9 Å². The van der Waals surface area contributed by atoms with Crippen molar-refractivity contribution in [2.75, 3.05) is 32.4 Å². The van der Waals surface area contributed by atoms with E-state index in [2.05, 4.69) is 10.3 Å². The molecule has 0 bridgehead atoms. The Morgan fingerprint density at radius 1 is 0.810 bits per heavy atom. The Morgan fingerprint density at radius 3 is 2.36 bits per heavy atom. The molecule has 3 N–H and O–H groups in total. The van der Waals surface area contributed by atoms with Crippen molar-refractivity contribution in [2.45, 2.75) is 0 Å². The smallest absolute Gasteiger partial charge is 0.269 e. The molecule has 8 nitrogen and oxygen atoms in total. The van der Waals surface area contributed by atoms with Crippen LogP contribution in [0.4, 0.5) is 10.8 Å². The van der Waals surface area contributed by atoms with E-state index < -0.39 is 0 Å².